The molecule has 1 aromatic carbocycles. The lowest BCUT2D eigenvalue weighted by atomic mass is 10.0. The van der Waals surface area contributed by atoms with E-state index in [0.717, 1.165) is 15.9 Å². The van der Waals surface area contributed by atoms with Gasteiger partial charge in [-0.25, -0.2) is 9.97 Å². The van der Waals surface area contributed by atoms with Gasteiger partial charge in [0.25, 0.3) is 0 Å². The zero-order chi connectivity index (χ0) is 21.6. The largest absolute Gasteiger partial charge is 0.396 e. The highest BCUT2D eigenvalue weighted by Crippen LogP contribution is 2.42. The van der Waals surface area contributed by atoms with Crippen LogP contribution in [-0.4, -0.2) is 62.8 Å². The average Bonchev–Trinajstić information content (AvgIpc) is 3.21. The number of aliphatic hydroxyl groups is 3. The van der Waals surface area contributed by atoms with Crippen LogP contribution in [0.15, 0.2) is 18.2 Å². The van der Waals surface area contributed by atoms with E-state index >= 15 is 0 Å². The summed E-state index contributed by atoms with van der Waals surface area (Å²) in [7, 11) is 3.92. The van der Waals surface area contributed by atoms with Gasteiger partial charge in [-0.1, -0.05) is 11.6 Å². The van der Waals surface area contributed by atoms with Gasteiger partial charge in [0.15, 0.2) is 5.72 Å². The molecule has 0 amide bonds. The fourth-order valence-electron chi connectivity index (χ4n) is 3.66. The number of hydrogen-bond acceptors (Lipinski definition) is 10. The van der Waals surface area contributed by atoms with Crippen LogP contribution in [0, 0.1) is 5.92 Å². The Bertz CT molecular complexity index is 1090. The maximum atomic E-state index is 11.0. The molecule has 0 radical (unpaired) electrons. The molecule has 1 saturated carbocycles. The van der Waals surface area contributed by atoms with E-state index in [4.69, 9.17) is 17.3 Å². The van der Waals surface area contributed by atoms with Crippen molar-refractivity contribution in [2.75, 3.05) is 36.7 Å². The maximum Gasteiger partial charge on any atom is 0.223 e. The lowest BCUT2D eigenvalue weighted by Gasteiger charge is -2.30. The van der Waals surface area contributed by atoms with Crippen molar-refractivity contribution in [2.24, 2.45) is 5.92 Å². The van der Waals surface area contributed by atoms with Gasteiger partial charge in [-0.2, -0.15) is 4.98 Å². The first-order valence-electron chi connectivity index (χ1n) is 9.42. The third-order valence-corrected chi connectivity index (χ3v) is 6.70. The van der Waals surface area contributed by atoms with Crippen LogP contribution in [-0.2, 0) is 0 Å². The Kier molecular flexibility index (Phi) is 5.45. The summed E-state index contributed by atoms with van der Waals surface area (Å²) in [5, 5.41) is 34.4. The first-order valence-corrected chi connectivity index (χ1v) is 10.6. The zero-order valence-corrected chi connectivity index (χ0v) is 18.1. The van der Waals surface area contributed by atoms with E-state index in [1.54, 1.807) is 0 Å². The number of aliphatic hydroxyl groups excluding tert-OH is 2. The maximum absolute atomic E-state index is 11.0. The molecule has 2 heterocycles. The van der Waals surface area contributed by atoms with Crippen LogP contribution < -0.4 is 16.0 Å². The van der Waals surface area contributed by atoms with Crippen molar-refractivity contribution in [2.45, 2.75) is 24.7 Å². The quantitative estimate of drug-likeness (QED) is 0.291. The molecule has 6 N–H and O–H groups in total. The number of hydrogen-bond donors (Lipinski definition) is 5. The highest BCUT2D eigenvalue weighted by molar-refractivity contribution is 7.21. The lowest BCUT2D eigenvalue weighted by molar-refractivity contribution is -0.0545. The minimum absolute atomic E-state index is 0.0722. The van der Waals surface area contributed by atoms with Crippen molar-refractivity contribution in [1.82, 2.24) is 15.0 Å². The Morgan fingerprint density at radius 3 is 2.77 bits per heavy atom. The van der Waals surface area contributed by atoms with Crippen molar-refractivity contribution in [3.8, 4) is 10.6 Å². The Balaban J connectivity index is 1.78. The van der Waals surface area contributed by atoms with Gasteiger partial charge >= 0.3 is 0 Å². The van der Waals surface area contributed by atoms with Gasteiger partial charge in [-0.15, -0.1) is 11.3 Å². The second-order valence-corrected chi connectivity index (χ2v) is 9.03. The van der Waals surface area contributed by atoms with E-state index < -0.39 is 17.7 Å². The number of benzene rings is 1. The van der Waals surface area contributed by atoms with Crippen molar-refractivity contribution >= 4 is 50.6 Å². The van der Waals surface area contributed by atoms with Crippen LogP contribution in [0.1, 0.15) is 12.8 Å². The number of aromatic nitrogens is 3. The van der Waals surface area contributed by atoms with Crippen LogP contribution in [0.25, 0.3) is 20.8 Å². The standard InChI is InChI=1S/C19H23ClN6O3S/c1-26(2)10-3-4-11-12(7-10)30-17(22-11)13-15(20)23-18(21)24-16(13)25-19(29)6-5-9(8-27)14(19)28/h3-4,7,9,14,27-29H,5-6,8H2,1-2H3,(H3,21,23,24,25). The third kappa shape index (κ3) is 3.65. The van der Waals surface area contributed by atoms with Crippen LogP contribution in [0.4, 0.5) is 17.5 Å². The van der Waals surface area contributed by atoms with Crippen molar-refractivity contribution in [3.05, 3.63) is 23.4 Å². The van der Waals surface area contributed by atoms with Crippen molar-refractivity contribution < 1.29 is 15.3 Å². The van der Waals surface area contributed by atoms with Gasteiger partial charge in [-0.05, 0) is 31.0 Å². The van der Waals surface area contributed by atoms with Gasteiger partial charge in [-0.3, -0.25) is 0 Å². The number of nitrogens with one attached hydrogen (secondary N) is 1. The Hall–Kier alpha value is -2.24. The summed E-state index contributed by atoms with van der Waals surface area (Å²) < 4.78 is 0.954. The molecule has 2 aromatic heterocycles. The SMILES string of the molecule is CN(C)c1ccc2nc(-c3c(Cl)nc(N)nc3NC3(O)CCC(CO)C3O)sc2c1. The van der Waals surface area contributed by atoms with E-state index in [9.17, 15) is 15.3 Å². The van der Waals surface area contributed by atoms with Crippen LogP contribution in [0.2, 0.25) is 5.15 Å². The van der Waals surface area contributed by atoms with E-state index in [2.05, 4.69) is 20.3 Å². The van der Waals surface area contributed by atoms with Crippen LogP contribution in [0.3, 0.4) is 0 Å². The molecular formula is C19H23ClN6O3S. The monoisotopic (exact) mass is 450 g/mol. The summed E-state index contributed by atoms with van der Waals surface area (Å²) in [4.78, 5) is 14.9. The molecule has 160 valence electrons. The van der Waals surface area contributed by atoms with E-state index in [1.165, 1.54) is 11.3 Å². The topological polar surface area (TPSA) is 141 Å². The fourth-order valence-corrected chi connectivity index (χ4v) is 5.03. The molecule has 0 saturated heterocycles. The molecule has 1 aliphatic carbocycles. The summed E-state index contributed by atoms with van der Waals surface area (Å²) in [5.41, 5.74) is 6.33. The minimum atomic E-state index is -1.68. The number of halogens is 1. The van der Waals surface area contributed by atoms with Gasteiger partial charge in [0.2, 0.25) is 5.95 Å². The summed E-state index contributed by atoms with van der Waals surface area (Å²) in [6.07, 6.45) is -0.491. The van der Waals surface area contributed by atoms with E-state index in [1.807, 2.05) is 37.2 Å². The molecule has 1 aliphatic rings. The summed E-state index contributed by atoms with van der Waals surface area (Å²) >= 11 is 7.82. The fraction of sp³-hybridized carbons (Fsp3) is 0.421. The van der Waals surface area contributed by atoms with E-state index in [0.29, 0.717) is 17.0 Å². The normalized spacial score (nSPS) is 23.8. The molecule has 4 rings (SSSR count). The summed E-state index contributed by atoms with van der Waals surface area (Å²) in [6.45, 7) is -0.225. The number of rotatable bonds is 5. The Labute approximate surface area is 182 Å². The number of anilines is 3. The molecule has 11 heteroatoms. The Morgan fingerprint density at radius 2 is 2.10 bits per heavy atom. The number of fused-ring (bicyclic) bond motifs is 1. The summed E-state index contributed by atoms with van der Waals surface area (Å²) in [6, 6.07) is 5.92. The van der Waals surface area contributed by atoms with Crippen LogP contribution >= 0.6 is 22.9 Å². The average molecular weight is 451 g/mol. The molecule has 1 fully saturated rings. The Morgan fingerprint density at radius 1 is 1.33 bits per heavy atom. The second-order valence-electron chi connectivity index (χ2n) is 7.64. The molecule has 3 unspecified atom stereocenters. The van der Waals surface area contributed by atoms with Gasteiger partial charge < -0.3 is 31.3 Å². The predicted molar refractivity (Wildman–Crippen MR) is 119 cm³/mol. The number of thiazole rings is 1. The third-order valence-electron chi connectivity index (χ3n) is 5.39. The molecule has 3 aromatic rings. The highest BCUT2D eigenvalue weighted by Gasteiger charge is 2.47. The minimum Gasteiger partial charge on any atom is -0.396 e. The second kappa shape index (κ2) is 7.78. The molecular weight excluding hydrogens is 428 g/mol. The van der Waals surface area contributed by atoms with E-state index in [-0.39, 0.29) is 29.9 Å². The van der Waals surface area contributed by atoms with Gasteiger partial charge in [0.1, 0.15) is 22.1 Å². The van der Waals surface area contributed by atoms with Gasteiger partial charge in [0.05, 0.1) is 15.8 Å². The molecule has 3 atom stereocenters. The van der Waals surface area contributed by atoms with Crippen molar-refractivity contribution in [1.29, 1.82) is 0 Å². The first-order chi connectivity index (χ1) is 14.2. The molecule has 0 spiro atoms. The number of nitrogen functional groups attached to an aromatic ring is 1. The smallest absolute Gasteiger partial charge is 0.223 e. The van der Waals surface area contributed by atoms with Crippen molar-refractivity contribution in [3.63, 3.8) is 0 Å². The van der Waals surface area contributed by atoms with Crippen LogP contribution in [0.5, 0.6) is 0 Å². The molecule has 30 heavy (non-hydrogen) atoms. The molecule has 9 nitrogen and oxygen atoms in total. The first kappa shape index (κ1) is 21.0. The number of nitrogens with two attached hydrogens (primary N) is 1. The molecule has 0 aliphatic heterocycles. The summed E-state index contributed by atoms with van der Waals surface area (Å²) in [5.74, 6) is -0.330. The lowest BCUT2D eigenvalue weighted by Crippen LogP contribution is -2.48. The molecule has 0 bridgehead atoms. The number of nitrogens with zero attached hydrogens (tertiary/aromatic N) is 4. The van der Waals surface area contributed by atoms with Gasteiger partial charge in [0, 0.05) is 32.3 Å². The zero-order valence-electron chi connectivity index (χ0n) is 16.5. The highest BCUT2D eigenvalue weighted by atomic mass is 35.5. The predicted octanol–water partition coefficient (Wildman–Crippen LogP) is 1.92.